The summed E-state index contributed by atoms with van der Waals surface area (Å²) in [5.74, 6) is 0.961. The molecule has 1 N–H and O–H groups in total. The third-order valence-corrected chi connectivity index (χ3v) is 4.55. The molecular weight excluding hydrogens is 350 g/mol. The lowest BCUT2D eigenvalue weighted by Gasteiger charge is -2.17. The molecule has 2 atom stereocenters. The van der Waals surface area contributed by atoms with Gasteiger partial charge in [0.1, 0.15) is 11.9 Å². The quantitative estimate of drug-likeness (QED) is 0.842. The highest BCUT2D eigenvalue weighted by Crippen LogP contribution is 2.31. The first-order valence-corrected chi connectivity index (χ1v) is 8.23. The van der Waals surface area contributed by atoms with Crippen molar-refractivity contribution in [2.75, 3.05) is 6.54 Å². The highest BCUT2D eigenvalue weighted by atomic mass is 79.9. The number of benzene rings is 2. The summed E-state index contributed by atoms with van der Waals surface area (Å²) in [7, 11) is 0. The topological polar surface area (TPSA) is 21.3 Å². The molecule has 21 heavy (non-hydrogen) atoms. The molecule has 110 valence electrons. The fourth-order valence-electron chi connectivity index (χ4n) is 2.58. The van der Waals surface area contributed by atoms with Crippen molar-refractivity contribution in [3.63, 3.8) is 0 Å². The van der Waals surface area contributed by atoms with E-state index in [4.69, 9.17) is 16.3 Å². The summed E-state index contributed by atoms with van der Waals surface area (Å²) >= 11 is 9.47. The van der Waals surface area contributed by atoms with Crippen molar-refractivity contribution in [2.24, 2.45) is 0 Å². The average molecular weight is 367 g/mol. The van der Waals surface area contributed by atoms with E-state index in [1.54, 1.807) is 0 Å². The Labute approximate surface area is 138 Å². The first kappa shape index (κ1) is 14.9. The van der Waals surface area contributed by atoms with E-state index < -0.39 is 0 Å². The maximum absolute atomic E-state index is 6.02. The van der Waals surface area contributed by atoms with Crippen molar-refractivity contribution in [1.82, 2.24) is 5.32 Å². The Morgan fingerprint density at radius 2 is 2.05 bits per heavy atom. The Bertz CT molecular complexity index is 629. The van der Waals surface area contributed by atoms with Crippen LogP contribution in [0.1, 0.15) is 24.1 Å². The van der Waals surface area contributed by atoms with E-state index in [1.807, 2.05) is 18.2 Å². The third-order valence-electron chi connectivity index (χ3n) is 3.79. The van der Waals surface area contributed by atoms with Gasteiger partial charge in [-0.05, 0) is 48.4 Å². The molecule has 1 unspecified atom stereocenters. The van der Waals surface area contributed by atoms with Crippen LogP contribution in [0.25, 0.3) is 0 Å². The molecule has 0 fully saturated rings. The van der Waals surface area contributed by atoms with Gasteiger partial charge < -0.3 is 10.1 Å². The van der Waals surface area contributed by atoms with Crippen molar-refractivity contribution >= 4 is 27.5 Å². The summed E-state index contributed by atoms with van der Waals surface area (Å²) in [5, 5.41) is 4.31. The minimum atomic E-state index is 0.177. The van der Waals surface area contributed by atoms with E-state index in [1.165, 1.54) is 11.1 Å². The van der Waals surface area contributed by atoms with Crippen molar-refractivity contribution in [1.29, 1.82) is 0 Å². The monoisotopic (exact) mass is 365 g/mol. The first-order chi connectivity index (χ1) is 10.1. The summed E-state index contributed by atoms with van der Waals surface area (Å²) in [4.78, 5) is 0. The number of halogens is 2. The Balaban J connectivity index is 1.56. The summed E-state index contributed by atoms with van der Waals surface area (Å²) in [6.45, 7) is 2.99. The van der Waals surface area contributed by atoms with Crippen LogP contribution in [0.2, 0.25) is 5.02 Å². The highest BCUT2D eigenvalue weighted by molar-refractivity contribution is 9.10. The Kier molecular flexibility index (Phi) is 4.53. The number of hydrogen-bond acceptors (Lipinski definition) is 2. The first-order valence-electron chi connectivity index (χ1n) is 7.06. The molecule has 1 aliphatic heterocycles. The molecule has 0 amide bonds. The predicted molar refractivity (Wildman–Crippen MR) is 90.1 cm³/mol. The zero-order valence-corrected chi connectivity index (χ0v) is 14.1. The van der Waals surface area contributed by atoms with Gasteiger partial charge in [-0.15, -0.1) is 0 Å². The van der Waals surface area contributed by atoms with Crippen LogP contribution in [0.3, 0.4) is 0 Å². The van der Waals surface area contributed by atoms with Gasteiger partial charge in [0.15, 0.2) is 0 Å². The van der Waals surface area contributed by atoms with Gasteiger partial charge in [-0.25, -0.2) is 0 Å². The van der Waals surface area contributed by atoms with E-state index in [0.717, 1.165) is 28.2 Å². The molecule has 0 bridgehead atoms. The number of ether oxygens (including phenoxy) is 1. The molecule has 2 nitrogen and oxygen atoms in total. The molecule has 0 radical (unpaired) electrons. The number of hydrogen-bond donors (Lipinski definition) is 1. The molecule has 2 aromatic carbocycles. The Hall–Kier alpha value is -1.03. The highest BCUT2D eigenvalue weighted by Gasteiger charge is 2.23. The molecule has 2 aromatic rings. The van der Waals surface area contributed by atoms with Crippen molar-refractivity contribution < 1.29 is 4.74 Å². The van der Waals surface area contributed by atoms with Crippen molar-refractivity contribution in [2.45, 2.75) is 25.5 Å². The summed E-state index contributed by atoms with van der Waals surface area (Å²) in [5.41, 5.74) is 2.47. The molecule has 4 heteroatoms. The van der Waals surface area contributed by atoms with Gasteiger partial charge in [0.25, 0.3) is 0 Å². The predicted octanol–water partition coefficient (Wildman–Crippen LogP) is 4.76. The smallest absolute Gasteiger partial charge is 0.123 e. The van der Waals surface area contributed by atoms with Gasteiger partial charge >= 0.3 is 0 Å². The van der Waals surface area contributed by atoms with Crippen LogP contribution in [0, 0.1) is 0 Å². The lowest BCUT2D eigenvalue weighted by atomic mass is 10.1. The second kappa shape index (κ2) is 6.39. The van der Waals surface area contributed by atoms with Crippen LogP contribution in [-0.2, 0) is 6.42 Å². The number of fused-ring (bicyclic) bond motifs is 1. The van der Waals surface area contributed by atoms with Gasteiger partial charge in [0.05, 0.1) is 0 Å². The third kappa shape index (κ3) is 3.60. The minimum Gasteiger partial charge on any atom is -0.488 e. The van der Waals surface area contributed by atoms with Gasteiger partial charge in [0.2, 0.25) is 0 Å². The van der Waals surface area contributed by atoms with Crippen LogP contribution in [-0.4, -0.2) is 12.6 Å². The van der Waals surface area contributed by atoms with E-state index >= 15 is 0 Å². The average Bonchev–Trinajstić information content (AvgIpc) is 2.87. The molecule has 0 aliphatic carbocycles. The van der Waals surface area contributed by atoms with Gasteiger partial charge in [-0.2, -0.15) is 0 Å². The fraction of sp³-hybridized carbons (Fsp3) is 0.294. The van der Waals surface area contributed by atoms with E-state index in [-0.39, 0.29) is 6.10 Å². The van der Waals surface area contributed by atoms with E-state index in [2.05, 4.69) is 52.4 Å². The summed E-state index contributed by atoms with van der Waals surface area (Å²) in [6, 6.07) is 14.5. The SMILES string of the molecule is C[C@@H](NCC1Cc2cc(Cl)ccc2O1)c1ccc(Br)cc1. The van der Waals surface area contributed by atoms with E-state index in [9.17, 15) is 0 Å². The zero-order chi connectivity index (χ0) is 14.8. The Morgan fingerprint density at radius 3 is 2.81 bits per heavy atom. The van der Waals surface area contributed by atoms with Gasteiger partial charge in [-0.3, -0.25) is 0 Å². The standard InChI is InChI=1S/C17H17BrClNO/c1-11(12-2-4-14(18)5-3-12)20-10-16-9-13-8-15(19)6-7-17(13)21-16/h2-8,11,16,20H,9-10H2,1H3/t11-,16?/m1/s1. The fourth-order valence-corrected chi connectivity index (χ4v) is 3.04. The molecule has 0 spiro atoms. The van der Waals surface area contributed by atoms with Crippen LogP contribution in [0.15, 0.2) is 46.9 Å². The molecule has 0 aromatic heterocycles. The molecular formula is C17H17BrClNO. The molecule has 3 rings (SSSR count). The number of nitrogens with one attached hydrogen (secondary N) is 1. The van der Waals surface area contributed by atoms with Crippen molar-refractivity contribution in [3.05, 3.63) is 63.1 Å². The molecule has 0 saturated carbocycles. The van der Waals surface area contributed by atoms with Crippen LogP contribution in [0.4, 0.5) is 0 Å². The van der Waals surface area contributed by atoms with Crippen LogP contribution in [0.5, 0.6) is 5.75 Å². The summed E-state index contributed by atoms with van der Waals surface area (Å²) < 4.78 is 7.04. The largest absolute Gasteiger partial charge is 0.488 e. The number of rotatable bonds is 4. The van der Waals surface area contributed by atoms with Crippen LogP contribution < -0.4 is 10.1 Å². The maximum Gasteiger partial charge on any atom is 0.123 e. The van der Waals surface area contributed by atoms with Gasteiger partial charge in [-0.1, -0.05) is 39.7 Å². The van der Waals surface area contributed by atoms with Crippen molar-refractivity contribution in [3.8, 4) is 5.75 Å². The normalized spacial score (nSPS) is 18.1. The molecule has 1 heterocycles. The van der Waals surface area contributed by atoms with E-state index in [0.29, 0.717) is 6.04 Å². The minimum absolute atomic E-state index is 0.177. The van der Waals surface area contributed by atoms with Crippen LogP contribution >= 0.6 is 27.5 Å². The second-order valence-corrected chi connectivity index (χ2v) is 6.73. The molecule has 1 aliphatic rings. The molecule has 0 saturated heterocycles. The Morgan fingerprint density at radius 1 is 1.29 bits per heavy atom. The van der Waals surface area contributed by atoms with Gasteiger partial charge in [0, 0.05) is 28.5 Å². The summed E-state index contributed by atoms with van der Waals surface area (Å²) in [6.07, 6.45) is 1.09. The zero-order valence-electron chi connectivity index (χ0n) is 11.8. The lowest BCUT2D eigenvalue weighted by molar-refractivity contribution is 0.222. The lowest BCUT2D eigenvalue weighted by Crippen LogP contribution is -2.31. The second-order valence-electron chi connectivity index (χ2n) is 5.38. The maximum atomic E-state index is 6.02.